The Hall–Kier alpha value is -2.04. The highest BCUT2D eigenvalue weighted by molar-refractivity contribution is 5.94. The average Bonchev–Trinajstić information content (AvgIpc) is 3.20. The molecule has 1 saturated carbocycles. The van der Waals surface area contributed by atoms with Crippen LogP contribution in [0.1, 0.15) is 39.2 Å². The summed E-state index contributed by atoms with van der Waals surface area (Å²) < 4.78 is 5.16. The Kier molecular flexibility index (Phi) is 4.50. The molecule has 114 valence electrons. The molecule has 0 spiro atoms. The lowest BCUT2D eigenvalue weighted by Gasteiger charge is -2.19. The summed E-state index contributed by atoms with van der Waals surface area (Å²) in [5.41, 5.74) is 1.24. The van der Waals surface area contributed by atoms with Gasteiger partial charge in [0.2, 0.25) is 5.91 Å². The van der Waals surface area contributed by atoms with Crippen LogP contribution in [0.2, 0.25) is 0 Å². The molecule has 2 rings (SSSR count). The smallest absolute Gasteiger partial charge is 0.407 e. The molecular formula is C16H22N2O3. The van der Waals surface area contributed by atoms with Crippen LogP contribution in [0.5, 0.6) is 0 Å². The highest BCUT2D eigenvalue weighted by Crippen LogP contribution is 2.30. The number of carbonyl (C=O) groups excluding carboxylic acids is 2. The minimum atomic E-state index is -0.499. The zero-order valence-corrected chi connectivity index (χ0v) is 12.7. The molecule has 1 aliphatic rings. The van der Waals surface area contributed by atoms with Crippen molar-refractivity contribution >= 4 is 17.7 Å². The van der Waals surface area contributed by atoms with Crippen molar-refractivity contribution in [1.82, 2.24) is 5.32 Å². The molecule has 1 aromatic carbocycles. The van der Waals surface area contributed by atoms with Gasteiger partial charge in [-0.3, -0.25) is 4.79 Å². The number of nitrogens with one attached hydrogen (secondary N) is 2. The first-order valence-electron chi connectivity index (χ1n) is 7.20. The van der Waals surface area contributed by atoms with E-state index < -0.39 is 11.7 Å². The van der Waals surface area contributed by atoms with Gasteiger partial charge in [-0.15, -0.1) is 0 Å². The predicted octanol–water partition coefficient (Wildman–Crippen LogP) is 3.06. The summed E-state index contributed by atoms with van der Waals surface area (Å²) in [6, 6.07) is 7.43. The van der Waals surface area contributed by atoms with Crippen molar-refractivity contribution in [2.45, 2.75) is 45.8 Å². The topological polar surface area (TPSA) is 67.4 Å². The van der Waals surface area contributed by atoms with E-state index in [1.54, 1.807) is 0 Å². The number of hydrogen-bond donors (Lipinski definition) is 2. The number of carbonyl (C=O) groups is 2. The van der Waals surface area contributed by atoms with Crippen molar-refractivity contribution in [3.05, 3.63) is 29.8 Å². The first-order chi connectivity index (χ1) is 9.83. The van der Waals surface area contributed by atoms with Crippen molar-refractivity contribution in [1.29, 1.82) is 0 Å². The lowest BCUT2D eigenvalue weighted by atomic mass is 10.2. The van der Waals surface area contributed by atoms with Gasteiger partial charge in [-0.25, -0.2) is 4.79 Å². The Morgan fingerprint density at radius 3 is 2.33 bits per heavy atom. The van der Waals surface area contributed by atoms with Crippen LogP contribution in [0, 0.1) is 5.92 Å². The second-order valence-corrected chi connectivity index (χ2v) is 6.32. The van der Waals surface area contributed by atoms with Crippen LogP contribution < -0.4 is 10.6 Å². The third kappa shape index (κ3) is 5.45. The van der Waals surface area contributed by atoms with E-state index in [9.17, 15) is 9.59 Å². The third-order valence-electron chi connectivity index (χ3n) is 3.01. The van der Waals surface area contributed by atoms with Crippen LogP contribution in [0.25, 0.3) is 0 Å². The van der Waals surface area contributed by atoms with E-state index in [2.05, 4.69) is 10.6 Å². The fourth-order valence-corrected chi connectivity index (χ4v) is 1.78. The molecule has 5 nitrogen and oxygen atoms in total. The molecule has 1 aromatic rings. The summed E-state index contributed by atoms with van der Waals surface area (Å²) in [6.45, 7) is 5.86. The SMILES string of the molecule is CC(C)(C)OC(=O)NCc1ccc(NC(=O)C2CC2)cc1. The Balaban J connectivity index is 1.79. The van der Waals surface area contributed by atoms with Gasteiger partial charge in [-0.2, -0.15) is 0 Å². The quantitative estimate of drug-likeness (QED) is 0.895. The molecular weight excluding hydrogens is 268 g/mol. The molecule has 5 heteroatoms. The number of benzene rings is 1. The molecule has 0 bridgehead atoms. The van der Waals surface area contributed by atoms with E-state index >= 15 is 0 Å². The van der Waals surface area contributed by atoms with E-state index in [1.807, 2.05) is 45.0 Å². The van der Waals surface area contributed by atoms with Crippen LogP contribution in [-0.4, -0.2) is 17.6 Å². The van der Waals surface area contributed by atoms with Crippen LogP contribution in [0.4, 0.5) is 10.5 Å². The van der Waals surface area contributed by atoms with E-state index in [1.165, 1.54) is 0 Å². The van der Waals surface area contributed by atoms with Gasteiger partial charge in [-0.1, -0.05) is 12.1 Å². The second kappa shape index (κ2) is 6.16. The third-order valence-corrected chi connectivity index (χ3v) is 3.01. The summed E-state index contributed by atoms with van der Waals surface area (Å²) in [7, 11) is 0. The monoisotopic (exact) mass is 290 g/mol. The molecule has 2 N–H and O–H groups in total. The van der Waals surface area contributed by atoms with E-state index in [4.69, 9.17) is 4.74 Å². The maximum atomic E-state index is 11.6. The summed E-state index contributed by atoms with van der Waals surface area (Å²) in [5.74, 6) is 0.285. The molecule has 0 aromatic heterocycles. The highest BCUT2D eigenvalue weighted by atomic mass is 16.6. The lowest BCUT2D eigenvalue weighted by molar-refractivity contribution is -0.117. The molecule has 1 fully saturated rings. The van der Waals surface area contributed by atoms with Gasteiger partial charge in [0.15, 0.2) is 0 Å². The van der Waals surface area contributed by atoms with Gasteiger partial charge in [0, 0.05) is 18.2 Å². The average molecular weight is 290 g/mol. The fraction of sp³-hybridized carbons (Fsp3) is 0.500. The highest BCUT2D eigenvalue weighted by Gasteiger charge is 2.29. The summed E-state index contributed by atoms with van der Waals surface area (Å²) in [5, 5.41) is 5.57. The van der Waals surface area contributed by atoms with Crippen molar-refractivity contribution in [3.8, 4) is 0 Å². The molecule has 0 saturated heterocycles. The van der Waals surface area contributed by atoms with E-state index in [0.29, 0.717) is 6.54 Å². The largest absolute Gasteiger partial charge is 0.444 e. The van der Waals surface area contributed by atoms with Gasteiger partial charge >= 0.3 is 6.09 Å². The molecule has 0 radical (unpaired) electrons. The summed E-state index contributed by atoms with van der Waals surface area (Å²) >= 11 is 0. The van der Waals surface area contributed by atoms with Crippen LogP contribution in [0.3, 0.4) is 0 Å². The molecule has 2 amide bonds. The first-order valence-corrected chi connectivity index (χ1v) is 7.20. The van der Waals surface area contributed by atoms with Gasteiger partial charge in [0.05, 0.1) is 0 Å². The normalized spacial score (nSPS) is 14.4. The maximum Gasteiger partial charge on any atom is 0.407 e. The Labute approximate surface area is 125 Å². The number of anilines is 1. The van der Waals surface area contributed by atoms with E-state index in [0.717, 1.165) is 24.1 Å². The zero-order valence-electron chi connectivity index (χ0n) is 12.7. The standard InChI is InChI=1S/C16H22N2O3/c1-16(2,3)21-15(20)17-10-11-4-8-13(9-5-11)18-14(19)12-6-7-12/h4-5,8-9,12H,6-7,10H2,1-3H3,(H,17,20)(H,18,19). The lowest BCUT2D eigenvalue weighted by Crippen LogP contribution is -2.32. The van der Waals surface area contributed by atoms with Gasteiger partial charge < -0.3 is 15.4 Å². The van der Waals surface area contributed by atoms with Gasteiger partial charge in [0.25, 0.3) is 0 Å². The van der Waals surface area contributed by atoms with Crippen LogP contribution >= 0.6 is 0 Å². The zero-order chi connectivity index (χ0) is 15.5. The second-order valence-electron chi connectivity index (χ2n) is 6.32. The first kappa shape index (κ1) is 15.4. The molecule has 0 unspecified atom stereocenters. The summed E-state index contributed by atoms with van der Waals surface area (Å²) in [6.07, 6.45) is 1.54. The Bertz CT molecular complexity index is 513. The molecule has 0 atom stereocenters. The summed E-state index contributed by atoms with van der Waals surface area (Å²) in [4.78, 5) is 23.2. The predicted molar refractivity (Wildman–Crippen MR) is 80.9 cm³/mol. The van der Waals surface area contributed by atoms with Gasteiger partial charge in [-0.05, 0) is 51.3 Å². The number of hydrogen-bond acceptors (Lipinski definition) is 3. The van der Waals surface area contributed by atoms with Crippen molar-refractivity contribution in [2.24, 2.45) is 5.92 Å². The van der Waals surface area contributed by atoms with E-state index in [-0.39, 0.29) is 11.8 Å². The minimum absolute atomic E-state index is 0.0922. The number of alkyl carbamates (subject to hydrolysis) is 1. The minimum Gasteiger partial charge on any atom is -0.444 e. The Morgan fingerprint density at radius 2 is 1.81 bits per heavy atom. The number of amides is 2. The van der Waals surface area contributed by atoms with Crippen LogP contribution in [-0.2, 0) is 16.1 Å². The molecule has 1 aliphatic carbocycles. The van der Waals surface area contributed by atoms with Crippen molar-refractivity contribution in [2.75, 3.05) is 5.32 Å². The molecule has 0 heterocycles. The van der Waals surface area contributed by atoms with Gasteiger partial charge in [0.1, 0.15) is 5.60 Å². The number of ether oxygens (including phenoxy) is 1. The Morgan fingerprint density at radius 1 is 1.19 bits per heavy atom. The maximum absolute atomic E-state index is 11.6. The molecule has 0 aliphatic heterocycles. The fourth-order valence-electron chi connectivity index (χ4n) is 1.78. The number of rotatable bonds is 4. The van der Waals surface area contributed by atoms with Crippen LogP contribution in [0.15, 0.2) is 24.3 Å². The van der Waals surface area contributed by atoms with Crippen molar-refractivity contribution in [3.63, 3.8) is 0 Å². The molecule has 21 heavy (non-hydrogen) atoms. The van der Waals surface area contributed by atoms with Crippen molar-refractivity contribution < 1.29 is 14.3 Å².